The number of nitrogens with zero attached hydrogens (tertiary/aromatic N) is 5. The van der Waals surface area contributed by atoms with Gasteiger partial charge in [-0.2, -0.15) is 0 Å². The highest BCUT2D eigenvalue weighted by Gasteiger charge is 2.15. The molecule has 114 valence electrons. The molecule has 0 aliphatic carbocycles. The van der Waals surface area contributed by atoms with Crippen LogP contribution in [0.15, 0.2) is 48.8 Å². The molecule has 5 nitrogen and oxygen atoms in total. The van der Waals surface area contributed by atoms with Gasteiger partial charge in [0.2, 0.25) is 5.65 Å². The Morgan fingerprint density at radius 3 is 2.83 bits per heavy atom. The molecule has 0 bridgehead atoms. The maximum absolute atomic E-state index is 6.11. The van der Waals surface area contributed by atoms with Crippen LogP contribution < -0.4 is 4.90 Å². The molecular formula is C17H14ClN5. The van der Waals surface area contributed by atoms with Crippen molar-refractivity contribution < 1.29 is 0 Å². The third-order valence-corrected chi connectivity index (χ3v) is 4.11. The van der Waals surface area contributed by atoms with Crippen molar-refractivity contribution in [3.63, 3.8) is 0 Å². The summed E-state index contributed by atoms with van der Waals surface area (Å²) in [5.41, 5.74) is 4.67. The van der Waals surface area contributed by atoms with Crippen molar-refractivity contribution in [2.24, 2.45) is 0 Å². The molecule has 4 aromatic rings. The highest BCUT2D eigenvalue weighted by atomic mass is 35.5. The van der Waals surface area contributed by atoms with E-state index in [0.717, 1.165) is 22.5 Å². The summed E-state index contributed by atoms with van der Waals surface area (Å²) in [6, 6.07) is 13.9. The molecule has 2 heterocycles. The first kappa shape index (κ1) is 14.0. The summed E-state index contributed by atoms with van der Waals surface area (Å²) in [7, 11) is 1.98. The Morgan fingerprint density at radius 1 is 1.13 bits per heavy atom. The van der Waals surface area contributed by atoms with Crippen molar-refractivity contribution in [2.75, 3.05) is 11.9 Å². The summed E-state index contributed by atoms with van der Waals surface area (Å²) < 4.78 is 1.91. The van der Waals surface area contributed by atoms with E-state index in [0.29, 0.717) is 10.7 Å². The normalized spacial score (nSPS) is 11.3. The molecule has 0 saturated heterocycles. The minimum Gasteiger partial charge on any atom is -0.326 e. The quantitative estimate of drug-likeness (QED) is 0.559. The molecule has 2 aromatic heterocycles. The maximum atomic E-state index is 6.11. The fourth-order valence-electron chi connectivity index (χ4n) is 2.70. The summed E-state index contributed by atoms with van der Waals surface area (Å²) in [5.74, 6) is 0.753. The van der Waals surface area contributed by atoms with Crippen molar-refractivity contribution in [1.82, 2.24) is 19.6 Å². The first-order chi connectivity index (χ1) is 11.1. The number of anilines is 2. The molecule has 0 aliphatic heterocycles. The van der Waals surface area contributed by atoms with Crippen LogP contribution in [0.2, 0.25) is 5.02 Å². The number of halogens is 1. The minimum absolute atomic E-state index is 0.661. The second-order valence-electron chi connectivity index (χ2n) is 5.49. The predicted octanol–water partition coefficient (Wildman–Crippen LogP) is 4.01. The van der Waals surface area contributed by atoms with Crippen molar-refractivity contribution in [1.29, 1.82) is 0 Å². The zero-order chi connectivity index (χ0) is 16.0. The van der Waals surface area contributed by atoms with Gasteiger partial charge in [0.25, 0.3) is 0 Å². The van der Waals surface area contributed by atoms with E-state index in [1.165, 1.54) is 5.56 Å². The molecule has 0 N–H and O–H groups in total. The average Bonchev–Trinajstić information content (AvgIpc) is 3.03. The molecule has 0 atom stereocenters. The Labute approximate surface area is 138 Å². The second kappa shape index (κ2) is 5.21. The van der Waals surface area contributed by atoms with E-state index < -0.39 is 0 Å². The maximum Gasteiger partial charge on any atom is 0.204 e. The van der Waals surface area contributed by atoms with Gasteiger partial charge < -0.3 is 4.90 Å². The van der Waals surface area contributed by atoms with E-state index in [2.05, 4.69) is 29.3 Å². The standard InChI is InChI=1S/C17H14ClN5/c1-11-4-3-5-13(8-11)22(2)16-17-21-19-10-23(17)15-9-12(18)6-7-14(15)20-16/h3-10H,1-2H3. The largest absolute Gasteiger partial charge is 0.326 e. The molecule has 0 aliphatic rings. The van der Waals surface area contributed by atoms with Crippen LogP contribution in [0.25, 0.3) is 16.7 Å². The predicted molar refractivity (Wildman–Crippen MR) is 92.5 cm³/mol. The molecule has 6 heteroatoms. The van der Waals surface area contributed by atoms with Gasteiger partial charge in [0, 0.05) is 17.8 Å². The molecule has 0 radical (unpaired) electrons. The lowest BCUT2D eigenvalue weighted by Crippen LogP contribution is -2.13. The third kappa shape index (κ3) is 2.29. The fraction of sp³-hybridized carbons (Fsp3) is 0.118. The summed E-state index contributed by atoms with van der Waals surface area (Å²) in [4.78, 5) is 6.79. The Morgan fingerprint density at radius 2 is 2.00 bits per heavy atom. The van der Waals surface area contributed by atoms with Gasteiger partial charge in [0.05, 0.1) is 11.0 Å². The van der Waals surface area contributed by atoms with Gasteiger partial charge >= 0.3 is 0 Å². The van der Waals surface area contributed by atoms with Crippen LogP contribution in [0.5, 0.6) is 0 Å². The summed E-state index contributed by atoms with van der Waals surface area (Å²) in [6.45, 7) is 2.07. The summed E-state index contributed by atoms with van der Waals surface area (Å²) >= 11 is 6.11. The Hall–Kier alpha value is -2.66. The molecule has 0 amide bonds. The smallest absolute Gasteiger partial charge is 0.204 e. The van der Waals surface area contributed by atoms with Crippen LogP contribution >= 0.6 is 11.6 Å². The molecule has 0 saturated carbocycles. The fourth-order valence-corrected chi connectivity index (χ4v) is 2.86. The monoisotopic (exact) mass is 323 g/mol. The van der Waals surface area contributed by atoms with E-state index in [-0.39, 0.29) is 0 Å². The molecule has 0 unspecified atom stereocenters. The molecule has 0 fully saturated rings. The highest BCUT2D eigenvalue weighted by molar-refractivity contribution is 6.31. The highest BCUT2D eigenvalue weighted by Crippen LogP contribution is 2.29. The van der Waals surface area contributed by atoms with Crippen LogP contribution in [0.3, 0.4) is 0 Å². The lowest BCUT2D eigenvalue weighted by Gasteiger charge is -2.20. The van der Waals surface area contributed by atoms with Crippen LogP contribution in [0.4, 0.5) is 11.5 Å². The average molecular weight is 324 g/mol. The zero-order valence-corrected chi connectivity index (χ0v) is 13.5. The van der Waals surface area contributed by atoms with Crippen molar-refractivity contribution >= 4 is 39.8 Å². The molecule has 2 aromatic carbocycles. The summed E-state index contributed by atoms with van der Waals surface area (Å²) in [6.07, 6.45) is 1.68. The lowest BCUT2D eigenvalue weighted by atomic mass is 10.2. The SMILES string of the molecule is Cc1cccc(N(C)c2nc3ccc(Cl)cc3n3cnnc23)c1. The second-order valence-corrected chi connectivity index (χ2v) is 5.93. The van der Waals surface area contributed by atoms with Crippen molar-refractivity contribution in [3.05, 3.63) is 59.4 Å². The zero-order valence-electron chi connectivity index (χ0n) is 12.7. The Bertz CT molecular complexity index is 1020. The third-order valence-electron chi connectivity index (χ3n) is 3.88. The number of rotatable bonds is 2. The van der Waals surface area contributed by atoms with E-state index in [1.54, 1.807) is 6.33 Å². The van der Waals surface area contributed by atoms with E-state index >= 15 is 0 Å². The van der Waals surface area contributed by atoms with Crippen LogP contribution in [-0.2, 0) is 0 Å². The number of hydrogen-bond donors (Lipinski definition) is 0. The topological polar surface area (TPSA) is 46.3 Å². The first-order valence-corrected chi connectivity index (χ1v) is 7.61. The Balaban J connectivity index is 1.98. The number of hydrogen-bond acceptors (Lipinski definition) is 4. The van der Waals surface area contributed by atoms with E-state index in [9.17, 15) is 0 Å². The van der Waals surface area contributed by atoms with Gasteiger partial charge in [-0.15, -0.1) is 10.2 Å². The van der Waals surface area contributed by atoms with Crippen LogP contribution in [-0.4, -0.2) is 26.6 Å². The van der Waals surface area contributed by atoms with Crippen LogP contribution in [0.1, 0.15) is 5.56 Å². The molecular weight excluding hydrogens is 310 g/mol. The molecule has 0 spiro atoms. The number of aryl methyl sites for hydroxylation is 1. The van der Waals surface area contributed by atoms with Crippen LogP contribution in [0, 0.1) is 6.92 Å². The van der Waals surface area contributed by atoms with Crippen molar-refractivity contribution in [3.8, 4) is 0 Å². The van der Waals surface area contributed by atoms with Gasteiger partial charge in [0.15, 0.2) is 5.82 Å². The van der Waals surface area contributed by atoms with Gasteiger partial charge in [-0.05, 0) is 42.8 Å². The van der Waals surface area contributed by atoms with Gasteiger partial charge in [-0.3, -0.25) is 4.40 Å². The lowest BCUT2D eigenvalue weighted by molar-refractivity contribution is 1.09. The van der Waals surface area contributed by atoms with E-state index in [4.69, 9.17) is 16.6 Å². The van der Waals surface area contributed by atoms with Gasteiger partial charge in [0.1, 0.15) is 6.33 Å². The van der Waals surface area contributed by atoms with Gasteiger partial charge in [-0.1, -0.05) is 23.7 Å². The Kier molecular flexibility index (Phi) is 3.16. The number of benzene rings is 2. The minimum atomic E-state index is 0.661. The van der Waals surface area contributed by atoms with Crippen molar-refractivity contribution in [2.45, 2.75) is 6.92 Å². The van der Waals surface area contributed by atoms with E-state index in [1.807, 2.05) is 46.7 Å². The first-order valence-electron chi connectivity index (χ1n) is 7.23. The molecule has 23 heavy (non-hydrogen) atoms. The number of aromatic nitrogens is 4. The van der Waals surface area contributed by atoms with Gasteiger partial charge in [-0.25, -0.2) is 4.98 Å². The number of fused-ring (bicyclic) bond motifs is 3. The summed E-state index contributed by atoms with van der Waals surface area (Å²) in [5, 5.41) is 8.93. The molecule has 4 rings (SSSR count).